The van der Waals surface area contributed by atoms with E-state index < -0.39 is 17.8 Å². The lowest BCUT2D eigenvalue weighted by Gasteiger charge is -2.36. The van der Waals surface area contributed by atoms with E-state index in [-0.39, 0.29) is 12.5 Å². The number of aliphatic imine (C=N–C) groups is 1. The lowest BCUT2D eigenvalue weighted by atomic mass is 9.95. The number of amides is 1. The summed E-state index contributed by atoms with van der Waals surface area (Å²) in [6.45, 7) is 6.49. The first-order chi connectivity index (χ1) is 16.4. The van der Waals surface area contributed by atoms with Crippen molar-refractivity contribution in [2.45, 2.75) is 19.9 Å². The average Bonchev–Trinajstić information content (AvgIpc) is 3.34. The molecule has 0 aliphatic carbocycles. The van der Waals surface area contributed by atoms with E-state index in [1.54, 1.807) is 24.8 Å². The summed E-state index contributed by atoms with van der Waals surface area (Å²) in [6.07, 6.45) is 1.44. The molecule has 1 unspecified atom stereocenters. The first-order valence-corrected chi connectivity index (χ1v) is 12.4. The van der Waals surface area contributed by atoms with Gasteiger partial charge in [0.15, 0.2) is 10.8 Å². The van der Waals surface area contributed by atoms with Gasteiger partial charge in [-0.1, -0.05) is 22.0 Å². The molecule has 34 heavy (non-hydrogen) atoms. The van der Waals surface area contributed by atoms with Crippen molar-refractivity contribution in [1.29, 1.82) is 0 Å². The molecule has 0 saturated carbocycles. The fraction of sp³-hybridized carbons (Fsp3) is 0.409. The van der Waals surface area contributed by atoms with E-state index in [9.17, 15) is 14.0 Å². The molecule has 2 aliphatic heterocycles. The van der Waals surface area contributed by atoms with Crippen molar-refractivity contribution >= 4 is 45.2 Å². The van der Waals surface area contributed by atoms with Gasteiger partial charge in [0.2, 0.25) is 5.91 Å². The van der Waals surface area contributed by atoms with E-state index in [0.29, 0.717) is 64.9 Å². The number of esters is 1. The number of ether oxygens (including phenoxy) is 1. The Morgan fingerprint density at radius 2 is 2.06 bits per heavy atom. The number of rotatable bonds is 6. The van der Waals surface area contributed by atoms with E-state index in [1.165, 1.54) is 30.0 Å². The first kappa shape index (κ1) is 24.4. The molecular formula is C22H24BrFN6O3S. The number of carbonyl (C=O) groups excluding carboxylic acids is 2. The quantitative estimate of drug-likeness (QED) is 0.551. The molecule has 1 N–H and O–H groups in total. The van der Waals surface area contributed by atoms with Crippen LogP contribution >= 0.6 is 27.5 Å². The molecule has 0 spiro atoms. The number of piperazine rings is 1. The summed E-state index contributed by atoms with van der Waals surface area (Å²) < 4.78 is 23.8. The lowest BCUT2D eigenvalue weighted by molar-refractivity contribution is -0.139. The van der Waals surface area contributed by atoms with E-state index >= 15 is 0 Å². The Hall–Kier alpha value is -2.70. The van der Waals surface area contributed by atoms with Crippen molar-refractivity contribution in [1.82, 2.24) is 24.5 Å². The monoisotopic (exact) mass is 550 g/mol. The van der Waals surface area contributed by atoms with Crippen molar-refractivity contribution < 1.29 is 18.7 Å². The van der Waals surface area contributed by atoms with Gasteiger partial charge in [0, 0.05) is 49.8 Å². The summed E-state index contributed by atoms with van der Waals surface area (Å²) in [6, 6.07) is 3.56. The molecule has 2 aromatic rings. The highest BCUT2D eigenvalue weighted by Crippen LogP contribution is 2.37. The molecule has 1 amide bonds. The van der Waals surface area contributed by atoms with Crippen LogP contribution in [0.3, 0.4) is 0 Å². The number of carbonyl (C=O) groups is 2. The van der Waals surface area contributed by atoms with Gasteiger partial charge in [-0.3, -0.25) is 14.7 Å². The van der Waals surface area contributed by atoms with Crippen LogP contribution in [0.1, 0.15) is 30.5 Å². The van der Waals surface area contributed by atoms with Gasteiger partial charge in [0.25, 0.3) is 0 Å². The van der Waals surface area contributed by atoms with Crippen LogP contribution in [0.2, 0.25) is 0 Å². The Morgan fingerprint density at radius 3 is 2.68 bits per heavy atom. The number of nitrogens with zero attached hydrogens (tertiary/aromatic N) is 5. The van der Waals surface area contributed by atoms with Gasteiger partial charge >= 0.3 is 5.97 Å². The van der Waals surface area contributed by atoms with Crippen molar-refractivity contribution in [3.63, 3.8) is 0 Å². The highest BCUT2D eigenvalue weighted by atomic mass is 79.9. The van der Waals surface area contributed by atoms with Gasteiger partial charge in [0.1, 0.15) is 18.2 Å². The van der Waals surface area contributed by atoms with Crippen LogP contribution in [-0.2, 0) is 14.3 Å². The largest absolute Gasteiger partial charge is 0.463 e. The second-order valence-corrected chi connectivity index (χ2v) is 9.45. The summed E-state index contributed by atoms with van der Waals surface area (Å²) in [7, 11) is 0. The van der Waals surface area contributed by atoms with Crippen LogP contribution in [-0.4, -0.2) is 76.2 Å². The maximum atomic E-state index is 13.8. The number of halogens is 2. The fourth-order valence-corrected chi connectivity index (χ4v) is 4.99. The van der Waals surface area contributed by atoms with E-state index in [2.05, 4.69) is 35.5 Å². The molecule has 180 valence electrons. The van der Waals surface area contributed by atoms with Gasteiger partial charge in [-0.2, -0.15) is 4.37 Å². The molecule has 12 heteroatoms. The molecule has 0 radical (unpaired) electrons. The van der Waals surface area contributed by atoms with Crippen molar-refractivity contribution in [3.8, 4) is 0 Å². The molecule has 1 atom stereocenters. The third-order valence-corrected chi connectivity index (χ3v) is 7.00. The van der Waals surface area contributed by atoms with Crippen molar-refractivity contribution in [3.05, 3.63) is 56.7 Å². The van der Waals surface area contributed by atoms with E-state index in [1.807, 2.05) is 0 Å². The van der Waals surface area contributed by atoms with Crippen LogP contribution in [0.25, 0.3) is 0 Å². The summed E-state index contributed by atoms with van der Waals surface area (Å²) >= 11 is 4.61. The third kappa shape index (κ3) is 5.34. The van der Waals surface area contributed by atoms with Gasteiger partial charge in [0.05, 0.1) is 12.2 Å². The molecule has 4 rings (SSSR count). The lowest BCUT2D eigenvalue weighted by Crippen LogP contribution is -2.50. The molecule has 2 aliphatic rings. The van der Waals surface area contributed by atoms with Crippen LogP contribution < -0.4 is 5.32 Å². The summed E-state index contributed by atoms with van der Waals surface area (Å²) in [4.78, 5) is 37.9. The SMILES string of the molecule is CCOC(=O)C1=C(CN2CCN(C(C)=O)CC2)NC(c2ncns2)=NC1c1ccc(F)cc1Br. The predicted molar refractivity (Wildman–Crippen MR) is 129 cm³/mol. The molecule has 9 nitrogen and oxygen atoms in total. The Bertz CT molecular complexity index is 1130. The van der Waals surface area contributed by atoms with E-state index in [4.69, 9.17) is 9.73 Å². The average molecular weight is 551 g/mol. The third-order valence-electron chi connectivity index (χ3n) is 5.64. The Morgan fingerprint density at radius 1 is 1.29 bits per heavy atom. The zero-order valence-corrected chi connectivity index (χ0v) is 21.2. The van der Waals surface area contributed by atoms with Gasteiger partial charge < -0.3 is 15.0 Å². The highest BCUT2D eigenvalue weighted by molar-refractivity contribution is 9.10. The van der Waals surface area contributed by atoms with Crippen LogP contribution in [0, 0.1) is 5.82 Å². The topological polar surface area (TPSA) is 100 Å². The predicted octanol–water partition coefficient (Wildman–Crippen LogP) is 2.51. The Labute approximate surface area is 209 Å². The van der Waals surface area contributed by atoms with Crippen molar-refractivity contribution in [2.24, 2.45) is 4.99 Å². The molecule has 1 fully saturated rings. The number of aromatic nitrogens is 2. The number of benzene rings is 1. The molecule has 1 aromatic carbocycles. The van der Waals surface area contributed by atoms with Gasteiger partial charge in [-0.05, 0) is 36.2 Å². The minimum absolute atomic E-state index is 0.0498. The van der Waals surface area contributed by atoms with Crippen molar-refractivity contribution in [2.75, 3.05) is 39.3 Å². The summed E-state index contributed by atoms with van der Waals surface area (Å²) in [5, 5.41) is 3.86. The minimum atomic E-state index is -0.734. The molecular weight excluding hydrogens is 527 g/mol. The molecule has 1 aromatic heterocycles. The van der Waals surface area contributed by atoms with Gasteiger partial charge in [-0.25, -0.2) is 14.2 Å². The maximum Gasteiger partial charge on any atom is 0.338 e. The van der Waals surface area contributed by atoms with Crippen LogP contribution in [0.5, 0.6) is 0 Å². The van der Waals surface area contributed by atoms with Crippen LogP contribution in [0.15, 0.2) is 45.3 Å². The summed E-state index contributed by atoms with van der Waals surface area (Å²) in [5.41, 5.74) is 1.62. The normalized spacial score (nSPS) is 19.0. The fourth-order valence-electron chi connectivity index (χ4n) is 3.95. The number of nitrogens with one attached hydrogen (secondary N) is 1. The number of amidine groups is 1. The zero-order valence-electron chi connectivity index (χ0n) is 18.8. The maximum absolute atomic E-state index is 13.8. The first-order valence-electron chi connectivity index (χ1n) is 10.8. The molecule has 1 saturated heterocycles. The molecule has 3 heterocycles. The molecule has 0 bridgehead atoms. The van der Waals surface area contributed by atoms with Crippen LogP contribution in [0.4, 0.5) is 4.39 Å². The number of hydrogen-bond donors (Lipinski definition) is 1. The second-order valence-electron chi connectivity index (χ2n) is 7.81. The second kappa shape index (κ2) is 10.7. The Kier molecular flexibility index (Phi) is 7.69. The Balaban J connectivity index is 1.74. The van der Waals surface area contributed by atoms with Gasteiger partial charge in [-0.15, -0.1) is 0 Å². The highest BCUT2D eigenvalue weighted by Gasteiger charge is 2.35. The van der Waals surface area contributed by atoms with E-state index in [0.717, 1.165) is 0 Å². The smallest absolute Gasteiger partial charge is 0.338 e. The standard InChI is InChI=1S/C22H24BrFN6O3S/c1-3-33-22(32)18-17(11-29-6-8-30(9-7-29)13(2)31)27-20(21-25-12-26-34-21)28-19(18)15-5-4-14(24)10-16(15)23/h4-5,10,12,19H,3,6-9,11H2,1-2H3,(H,27,28). The number of hydrogen-bond acceptors (Lipinski definition) is 9. The minimum Gasteiger partial charge on any atom is -0.463 e. The zero-order chi connectivity index (χ0) is 24.2. The summed E-state index contributed by atoms with van der Waals surface area (Å²) in [5.74, 6) is -0.361.